The molecule has 1 N–H and O–H groups in total. The van der Waals surface area contributed by atoms with Crippen molar-refractivity contribution in [3.8, 4) is 23.1 Å². The van der Waals surface area contributed by atoms with Gasteiger partial charge in [-0.25, -0.2) is 0 Å². The largest absolute Gasteiger partial charge is 0.454 e. The van der Waals surface area contributed by atoms with Gasteiger partial charge in [-0.1, -0.05) is 13.0 Å². The Labute approximate surface area is 149 Å². The molecule has 8 heteroatoms. The van der Waals surface area contributed by atoms with Crippen molar-refractivity contribution in [2.24, 2.45) is 0 Å². The Morgan fingerprint density at radius 2 is 2.12 bits per heavy atom. The molecule has 2 aromatic heterocycles. The maximum Gasteiger partial charge on any atom is 0.264 e. The third-order valence-electron chi connectivity index (χ3n) is 4.06. The molecule has 4 rings (SSSR count). The molecule has 8 nitrogen and oxygen atoms in total. The highest BCUT2D eigenvalue weighted by Crippen LogP contribution is 2.32. The van der Waals surface area contributed by atoms with E-state index in [1.807, 2.05) is 43.5 Å². The zero-order valence-corrected chi connectivity index (χ0v) is 14.3. The average Bonchev–Trinajstić information content (AvgIpc) is 3.39. The van der Waals surface area contributed by atoms with Gasteiger partial charge in [0.1, 0.15) is 12.2 Å². The summed E-state index contributed by atoms with van der Waals surface area (Å²) in [4.78, 5) is 12.3. The first kappa shape index (κ1) is 16.2. The molecule has 3 heterocycles. The second kappa shape index (κ2) is 6.91. The van der Waals surface area contributed by atoms with E-state index in [4.69, 9.17) is 13.9 Å². The lowest BCUT2D eigenvalue weighted by Crippen LogP contribution is -2.27. The van der Waals surface area contributed by atoms with Gasteiger partial charge in [-0.2, -0.15) is 0 Å². The highest BCUT2D eigenvalue weighted by atomic mass is 16.7. The van der Waals surface area contributed by atoms with Gasteiger partial charge in [0.05, 0.1) is 0 Å². The summed E-state index contributed by atoms with van der Waals surface area (Å²) in [6, 6.07) is 9.30. The quantitative estimate of drug-likeness (QED) is 0.729. The lowest BCUT2D eigenvalue weighted by atomic mass is 10.2. The van der Waals surface area contributed by atoms with Crippen LogP contribution in [0.5, 0.6) is 11.5 Å². The number of aryl methyl sites for hydroxylation is 1. The average molecular weight is 354 g/mol. The molecule has 0 bridgehead atoms. The monoisotopic (exact) mass is 354 g/mol. The van der Waals surface area contributed by atoms with E-state index in [2.05, 4.69) is 15.5 Å². The number of fused-ring (bicyclic) bond motifs is 1. The molecule has 26 heavy (non-hydrogen) atoms. The number of carbonyl (C=O) groups is 1. The fraction of sp³-hybridized carbons (Fsp3) is 0.278. The Morgan fingerprint density at radius 1 is 1.23 bits per heavy atom. The summed E-state index contributed by atoms with van der Waals surface area (Å²) in [5, 5.41) is 10.9. The van der Waals surface area contributed by atoms with Gasteiger partial charge in [-0.05, 0) is 29.8 Å². The molecule has 0 spiro atoms. The summed E-state index contributed by atoms with van der Waals surface area (Å²) in [5.74, 6) is 2.29. The van der Waals surface area contributed by atoms with Crippen LogP contribution in [-0.4, -0.2) is 27.5 Å². The summed E-state index contributed by atoms with van der Waals surface area (Å²) in [5.41, 5.74) is 1.66. The van der Waals surface area contributed by atoms with Gasteiger partial charge in [0, 0.05) is 19.2 Å². The molecule has 1 aromatic carbocycles. The van der Waals surface area contributed by atoms with Gasteiger partial charge in [-0.3, -0.25) is 4.79 Å². The topological polar surface area (TPSA) is 91.4 Å². The Kier molecular flexibility index (Phi) is 4.30. The maximum atomic E-state index is 12.3. The molecule has 134 valence electrons. The summed E-state index contributed by atoms with van der Waals surface area (Å²) in [7, 11) is 0. The molecule has 1 aliphatic heterocycles. The van der Waals surface area contributed by atoms with E-state index in [0.717, 1.165) is 17.0 Å². The van der Waals surface area contributed by atoms with Crippen LogP contribution >= 0.6 is 0 Å². The van der Waals surface area contributed by atoms with Crippen molar-refractivity contribution in [2.45, 2.75) is 26.4 Å². The Balaban J connectivity index is 1.39. The lowest BCUT2D eigenvalue weighted by molar-refractivity contribution is -0.121. The predicted octanol–water partition coefficient (Wildman–Crippen LogP) is 2.15. The number of ether oxygens (including phenoxy) is 2. The van der Waals surface area contributed by atoms with Crippen LogP contribution in [0.1, 0.15) is 18.4 Å². The van der Waals surface area contributed by atoms with Gasteiger partial charge in [0.2, 0.25) is 18.6 Å². The Morgan fingerprint density at radius 3 is 2.96 bits per heavy atom. The number of carbonyl (C=O) groups excluding carboxylic acids is 1. The van der Waals surface area contributed by atoms with E-state index in [1.165, 1.54) is 0 Å². The van der Waals surface area contributed by atoms with Crippen molar-refractivity contribution in [1.29, 1.82) is 0 Å². The maximum absolute atomic E-state index is 12.3. The molecule has 0 saturated carbocycles. The highest BCUT2D eigenvalue weighted by molar-refractivity contribution is 5.76. The summed E-state index contributed by atoms with van der Waals surface area (Å²) in [6.45, 7) is 2.75. The van der Waals surface area contributed by atoms with E-state index < -0.39 is 0 Å². The minimum absolute atomic E-state index is 0.115. The number of benzene rings is 1. The molecule has 1 aliphatic rings. The summed E-state index contributed by atoms with van der Waals surface area (Å²) < 4.78 is 18.0. The number of hydrogen-bond acceptors (Lipinski definition) is 6. The second-order valence-electron chi connectivity index (χ2n) is 5.84. The normalized spacial score (nSPS) is 12.3. The highest BCUT2D eigenvalue weighted by Gasteiger charge is 2.15. The number of hydrogen-bond donors (Lipinski definition) is 1. The molecule has 0 atom stereocenters. The molecular weight excluding hydrogens is 336 g/mol. The van der Waals surface area contributed by atoms with Gasteiger partial charge in [-0.15, -0.1) is 10.2 Å². The van der Waals surface area contributed by atoms with Crippen LogP contribution in [0.25, 0.3) is 11.6 Å². The molecule has 0 fully saturated rings. The SMILES string of the molecule is CCc1nnc(-c2cccn2CC(=O)NCc2ccc3c(c2)OCO3)o1. The molecule has 0 unspecified atom stereocenters. The molecule has 3 aromatic rings. The molecular formula is C18H18N4O4. The van der Waals surface area contributed by atoms with Gasteiger partial charge in [0.15, 0.2) is 11.5 Å². The number of rotatable bonds is 6. The lowest BCUT2D eigenvalue weighted by Gasteiger charge is -2.09. The third-order valence-corrected chi connectivity index (χ3v) is 4.06. The molecule has 1 amide bonds. The van der Waals surface area contributed by atoms with Crippen LogP contribution in [0.2, 0.25) is 0 Å². The standard InChI is InChI=1S/C18H18N4O4/c1-2-17-20-21-18(26-17)13-4-3-7-22(13)10-16(23)19-9-12-5-6-14-15(8-12)25-11-24-14/h3-8H,2,9-11H2,1H3,(H,19,23). The Hall–Kier alpha value is -3.29. The van der Waals surface area contributed by atoms with Crippen LogP contribution in [0.15, 0.2) is 40.9 Å². The van der Waals surface area contributed by atoms with Gasteiger partial charge < -0.3 is 23.8 Å². The first-order chi connectivity index (χ1) is 12.7. The first-order valence-electron chi connectivity index (χ1n) is 8.36. The smallest absolute Gasteiger partial charge is 0.264 e. The minimum Gasteiger partial charge on any atom is -0.454 e. The van der Waals surface area contributed by atoms with Crippen LogP contribution in [-0.2, 0) is 24.3 Å². The van der Waals surface area contributed by atoms with E-state index in [-0.39, 0.29) is 19.2 Å². The van der Waals surface area contributed by atoms with E-state index in [0.29, 0.717) is 30.5 Å². The fourth-order valence-electron chi connectivity index (χ4n) is 2.71. The predicted molar refractivity (Wildman–Crippen MR) is 91.5 cm³/mol. The van der Waals surface area contributed by atoms with E-state index >= 15 is 0 Å². The Bertz CT molecular complexity index is 931. The molecule has 0 aliphatic carbocycles. The summed E-state index contributed by atoms with van der Waals surface area (Å²) in [6.07, 6.45) is 2.48. The van der Waals surface area contributed by atoms with Crippen LogP contribution in [0.4, 0.5) is 0 Å². The number of nitrogens with zero attached hydrogens (tertiary/aromatic N) is 3. The van der Waals surface area contributed by atoms with Crippen molar-refractivity contribution in [2.75, 3.05) is 6.79 Å². The van der Waals surface area contributed by atoms with Crippen LogP contribution in [0, 0.1) is 0 Å². The zero-order chi connectivity index (χ0) is 17.9. The second-order valence-corrected chi connectivity index (χ2v) is 5.84. The van der Waals surface area contributed by atoms with Crippen LogP contribution < -0.4 is 14.8 Å². The van der Waals surface area contributed by atoms with Gasteiger partial charge in [0.25, 0.3) is 5.89 Å². The van der Waals surface area contributed by atoms with Crippen molar-refractivity contribution in [1.82, 2.24) is 20.1 Å². The number of aromatic nitrogens is 3. The fourth-order valence-corrected chi connectivity index (χ4v) is 2.71. The minimum atomic E-state index is -0.115. The van der Waals surface area contributed by atoms with E-state index in [1.54, 1.807) is 4.57 Å². The van der Waals surface area contributed by atoms with Crippen molar-refractivity contribution >= 4 is 5.91 Å². The first-order valence-corrected chi connectivity index (χ1v) is 8.36. The third kappa shape index (κ3) is 3.26. The molecule has 0 saturated heterocycles. The number of nitrogens with one attached hydrogen (secondary N) is 1. The summed E-state index contributed by atoms with van der Waals surface area (Å²) >= 11 is 0. The number of amides is 1. The van der Waals surface area contributed by atoms with Crippen molar-refractivity contribution in [3.05, 3.63) is 48.0 Å². The molecule has 0 radical (unpaired) electrons. The van der Waals surface area contributed by atoms with Crippen LogP contribution in [0.3, 0.4) is 0 Å². The van der Waals surface area contributed by atoms with Crippen molar-refractivity contribution in [3.63, 3.8) is 0 Å². The van der Waals surface area contributed by atoms with E-state index in [9.17, 15) is 4.79 Å². The zero-order valence-electron chi connectivity index (χ0n) is 14.3. The van der Waals surface area contributed by atoms with Crippen molar-refractivity contribution < 1.29 is 18.7 Å². The van der Waals surface area contributed by atoms with Gasteiger partial charge >= 0.3 is 0 Å².